The number of rotatable bonds is 24. The standard InChI is InChI=1S/C40H53N7O8S.C39H51N7O8S.Li.2H2O/c1-12-23-18-40(23,35(51)54-11)46-33(49)30-16-25(19-47(30)34(50)32(39(7,8)9)45-36(52)41-21(2)38(4,5)6)55-31-17-28(29-20-56-37(44-29)42-22(3)48)43-27-15-24(53-10)13-14-26(27)31;1-11-22-17-39(22,34(50)51)45-32(48)29-15-24(18-46(29)33(49)31(38(7,8)9)44-35(52)40-20(2)37(4,5)6)54-30-16-27(28-19-55-36(43-28)41-21(3)47)42-26-14-23(53-10)12-13-25(26)30;;;/h12-15,17,20-21,23,25,30,32H,1,16,18-19H2,2-11H3,(H,46,49)(H2,41,45,52)(H,42,44,48);11-14,16,19-20,22,24,29,31H,1,15,17-18H2,2-10H3,(H,45,48)(H,50,51)(H2,40,44,52)(H,41,43,47);;2*1H2/q;;+1;;/p-1/t21-,23+,25?,30?,32-,40-;20-,22+,24-,29+,31-,39-;;;/m11.../s1. The van der Waals surface area contributed by atoms with Gasteiger partial charge in [-0.05, 0) is 72.6 Å². The quantitative estimate of drug-likeness (QED) is 0.0190. The third-order valence-electron chi connectivity index (χ3n) is 20.6. The molecule has 2 aromatic carbocycles. The number of amides is 10. The Morgan fingerprint density at radius 3 is 1.24 bits per heavy atom. The van der Waals surface area contributed by atoms with Crippen LogP contribution in [0.5, 0.6) is 23.0 Å². The van der Waals surface area contributed by atoms with Gasteiger partial charge in [0.15, 0.2) is 10.3 Å². The summed E-state index contributed by atoms with van der Waals surface area (Å²) in [6, 6.07) is 8.29. The van der Waals surface area contributed by atoms with Gasteiger partial charge >= 0.3 is 42.9 Å². The molecule has 0 radical (unpaired) electrons. The smallest absolute Gasteiger partial charge is 0.870 e. The van der Waals surface area contributed by atoms with Crippen molar-refractivity contribution in [2.24, 2.45) is 33.5 Å². The summed E-state index contributed by atoms with van der Waals surface area (Å²) in [5, 5.41) is 38.2. The fourth-order valence-corrected chi connectivity index (χ4v) is 14.5. The van der Waals surface area contributed by atoms with Crippen LogP contribution in [0.4, 0.5) is 19.9 Å². The van der Waals surface area contributed by atoms with Crippen LogP contribution in [0.25, 0.3) is 44.6 Å². The van der Waals surface area contributed by atoms with Gasteiger partial charge in [0, 0.05) is 96.4 Å². The molecule has 2 saturated carbocycles. The van der Waals surface area contributed by atoms with Crippen molar-refractivity contribution in [2.45, 2.75) is 196 Å². The molecule has 2 aliphatic heterocycles. The van der Waals surface area contributed by atoms with E-state index < -0.39 is 112 Å². The number of aliphatic carboxylic acids is 1. The number of carboxylic acid groups (broad SMARTS) is 1. The Labute approximate surface area is 683 Å². The van der Waals surface area contributed by atoms with Gasteiger partial charge in [0.2, 0.25) is 35.4 Å². The van der Waals surface area contributed by atoms with E-state index in [-0.39, 0.29) is 103 Å². The van der Waals surface area contributed by atoms with Crippen molar-refractivity contribution >= 4 is 114 Å². The summed E-state index contributed by atoms with van der Waals surface area (Å²) in [5.74, 6) is -3.40. The molecule has 12 N–H and O–H groups in total. The van der Waals surface area contributed by atoms with Gasteiger partial charge in [0.25, 0.3) is 0 Å². The molecule has 2 saturated heterocycles. The molecule has 4 aromatic heterocycles. The number of benzene rings is 2. The number of hydrogen-bond donors (Lipinski definition) is 9. The number of carbonyl (C=O) groups is 10. The summed E-state index contributed by atoms with van der Waals surface area (Å²) < 4.78 is 29.3. The third-order valence-corrected chi connectivity index (χ3v) is 22.1. The predicted octanol–water partition coefficient (Wildman–Crippen LogP) is 6.03. The van der Waals surface area contributed by atoms with Crippen molar-refractivity contribution in [3.8, 4) is 45.8 Å². The first-order chi connectivity index (χ1) is 51.9. The van der Waals surface area contributed by atoms with Gasteiger partial charge in [-0.2, -0.15) is 0 Å². The van der Waals surface area contributed by atoms with Gasteiger partial charge in [-0.25, -0.2) is 39.1 Å². The van der Waals surface area contributed by atoms with E-state index in [0.717, 1.165) is 0 Å². The maximum atomic E-state index is 14.7. The summed E-state index contributed by atoms with van der Waals surface area (Å²) in [4.78, 5) is 154. The number of nitrogens with one attached hydrogen (secondary N) is 8. The molecule has 10 amide bonds. The topological polar surface area (TPSA) is 453 Å². The van der Waals surface area contributed by atoms with E-state index in [0.29, 0.717) is 84.3 Å². The van der Waals surface area contributed by atoms with Crippen LogP contribution in [0.2, 0.25) is 0 Å². The van der Waals surface area contributed by atoms with E-state index >= 15 is 0 Å². The molecule has 0 bridgehead atoms. The minimum absolute atomic E-state index is 0. The number of esters is 1. The molecule has 35 heteroatoms. The van der Waals surface area contributed by atoms with Gasteiger partial charge in [-0.15, -0.1) is 35.8 Å². The van der Waals surface area contributed by atoms with E-state index in [9.17, 15) is 53.1 Å². The largest absolute Gasteiger partial charge is 1.00 e. The van der Waals surface area contributed by atoms with Crippen LogP contribution in [0.1, 0.15) is 136 Å². The number of ether oxygens (including phenoxy) is 5. The van der Waals surface area contributed by atoms with Crippen LogP contribution in [-0.2, 0) is 43.1 Å². The predicted molar refractivity (Wildman–Crippen MR) is 428 cm³/mol. The van der Waals surface area contributed by atoms with E-state index in [1.165, 1.54) is 59.5 Å². The molecule has 10 rings (SSSR count). The molecule has 32 nitrogen and oxygen atoms in total. The fraction of sp³-hybridized carbons (Fsp3) is 0.519. The Morgan fingerprint density at radius 2 is 0.921 bits per heavy atom. The zero-order valence-corrected chi connectivity index (χ0v) is 70.0. The summed E-state index contributed by atoms with van der Waals surface area (Å²) in [5.41, 5.74) is -1.90. The number of fused-ring (bicyclic) bond motifs is 2. The fourth-order valence-electron chi connectivity index (χ4n) is 13.0. The SMILES string of the molecule is C=C[C@H]1C[C@]1(NC(=O)C1CC(Oc2cc(-c3csc(NC(C)=O)n3)nc3cc(OC)ccc23)CN1C(=O)[C@@H](NC(=O)N[C@H](C)C(C)(C)C)C(C)(C)C)C(=O)OC.C=C[C@H]1C[C@]1(NC(=O)[C@@H]1C[C@@H](Oc2cc(-c3csc(NC(C)=O)n3)nc3cc(OC)ccc23)CN1C(=O)[C@@H](NC(=O)N[C@H](C)C(C)(C)C)C(C)(C)C)C(=O)O.O.[Li+].[OH-]. The normalized spacial score (nSPS) is 21.2. The van der Waals surface area contributed by atoms with Gasteiger partial charge < -0.3 is 92.1 Å². The Bertz CT molecular complexity index is 4610. The van der Waals surface area contributed by atoms with Gasteiger partial charge in [0.1, 0.15) is 81.8 Å². The zero-order chi connectivity index (χ0) is 81.9. The Hall–Kier alpha value is -9.98. The van der Waals surface area contributed by atoms with Crippen molar-refractivity contribution in [1.29, 1.82) is 0 Å². The average Bonchev–Trinajstić information content (AvgIpc) is 1.58. The maximum absolute atomic E-state index is 14.7. The van der Waals surface area contributed by atoms with Crippen molar-refractivity contribution in [2.75, 3.05) is 45.1 Å². The van der Waals surface area contributed by atoms with Crippen LogP contribution in [0.15, 0.2) is 84.6 Å². The Balaban J connectivity index is 0.000000346. The van der Waals surface area contributed by atoms with E-state index in [1.54, 1.807) is 73.5 Å². The number of carbonyl (C=O) groups excluding carboxylic acids is 9. The molecule has 6 aromatic rings. The number of urea groups is 2. The van der Waals surface area contributed by atoms with E-state index in [1.807, 2.05) is 103 Å². The average molecular weight is 1610 g/mol. The minimum atomic E-state index is -1.53. The monoisotopic (exact) mass is 1610 g/mol. The van der Waals surface area contributed by atoms with Crippen LogP contribution in [0, 0.1) is 33.5 Å². The van der Waals surface area contributed by atoms with Crippen LogP contribution in [-0.4, -0.2) is 199 Å². The molecular weight excluding hydrogens is 1500 g/mol. The van der Waals surface area contributed by atoms with Gasteiger partial charge in [-0.3, -0.25) is 28.8 Å². The molecule has 4 aliphatic rings. The van der Waals surface area contributed by atoms with Crippen molar-refractivity contribution in [1.82, 2.24) is 61.6 Å². The first-order valence-electron chi connectivity index (χ1n) is 36.6. The Kier molecular flexibility index (Phi) is 29.9. The maximum Gasteiger partial charge on any atom is 1.00 e. The molecule has 6 heterocycles. The van der Waals surface area contributed by atoms with Crippen LogP contribution >= 0.6 is 22.7 Å². The number of pyridine rings is 2. The number of hydrogen-bond acceptors (Lipinski definition) is 22. The number of carboxylic acids is 1. The molecule has 2 unspecified atom stereocenters. The van der Waals surface area contributed by atoms with Gasteiger partial charge in [0.05, 0.1) is 56.8 Å². The molecule has 2 aliphatic carbocycles. The summed E-state index contributed by atoms with van der Waals surface area (Å²) >= 11 is 2.49. The first kappa shape index (κ1) is 92.9. The number of anilines is 2. The Morgan fingerprint density at radius 1 is 0.553 bits per heavy atom. The zero-order valence-electron chi connectivity index (χ0n) is 68.4. The second-order valence-corrected chi connectivity index (χ2v) is 34.7. The van der Waals surface area contributed by atoms with Crippen molar-refractivity contribution < 1.29 is 107 Å². The second-order valence-electron chi connectivity index (χ2n) is 33.0. The minimum Gasteiger partial charge on any atom is -0.870 e. The third kappa shape index (κ3) is 21.5. The number of likely N-dealkylation sites (tertiary alicyclic amines) is 2. The molecule has 114 heavy (non-hydrogen) atoms. The first-order valence-corrected chi connectivity index (χ1v) is 38.4. The van der Waals surface area contributed by atoms with Gasteiger partial charge in [-0.1, -0.05) is 95.2 Å². The molecule has 0 spiro atoms. The summed E-state index contributed by atoms with van der Waals surface area (Å²) in [7, 11) is 4.35. The number of methoxy groups -OCH3 is 3. The van der Waals surface area contributed by atoms with E-state index in [2.05, 4.69) is 65.7 Å². The molecule has 614 valence electrons. The van der Waals surface area contributed by atoms with E-state index in [4.69, 9.17) is 33.7 Å². The molecule has 12 atom stereocenters. The summed E-state index contributed by atoms with van der Waals surface area (Å²) in [6.07, 6.45) is 2.22. The van der Waals surface area contributed by atoms with Crippen LogP contribution < -0.4 is 80.3 Å². The number of thiazole rings is 2. The molecule has 4 fully saturated rings. The van der Waals surface area contributed by atoms with Crippen LogP contribution in [0.3, 0.4) is 0 Å². The second kappa shape index (κ2) is 36.7. The molecular formula is C79H107LiN14O18S2. The number of nitrogens with zero attached hydrogens (tertiary/aromatic N) is 6. The number of aromatic nitrogens is 4. The van der Waals surface area contributed by atoms with Crippen molar-refractivity contribution in [3.05, 3.63) is 84.6 Å². The van der Waals surface area contributed by atoms with Crippen molar-refractivity contribution in [3.63, 3.8) is 0 Å². The summed E-state index contributed by atoms with van der Waals surface area (Å²) in [6.45, 7) is 37.0.